The number of thioether (sulfide) groups is 1. The van der Waals surface area contributed by atoms with Crippen molar-refractivity contribution in [2.75, 3.05) is 6.61 Å². The zero-order valence-electron chi connectivity index (χ0n) is 18.4. The summed E-state index contributed by atoms with van der Waals surface area (Å²) in [6.07, 6.45) is -4.56. The minimum Gasteiger partial charge on any atom is -0.463 e. The maximum atomic E-state index is 11.9. The van der Waals surface area contributed by atoms with E-state index in [0.29, 0.717) is 10.7 Å². The minimum absolute atomic E-state index is 0.283. The highest BCUT2D eigenvalue weighted by atomic mass is 32.2. The van der Waals surface area contributed by atoms with Crippen LogP contribution in [0.5, 0.6) is 0 Å². The Balaban J connectivity index is 1.98. The number of carbonyl (C=O) groups is 4. The molecule has 2 aromatic rings. The molecule has 1 aromatic heterocycles. The molecule has 1 N–H and O–H groups in total. The van der Waals surface area contributed by atoms with Gasteiger partial charge in [-0.15, -0.1) is 0 Å². The normalized spacial score (nSPS) is 24.7. The van der Waals surface area contributed by atoms with Gasteiger partial charge in [-0.2, -0.15) is 0 Å². The molecule has 1 saturated heterocycles. The van der Waals surface area contributed by atoms with Gasteiger partial charge in [0.25, 0.3) is 0 Å². The van der Waals surface area contributed by atoms with Crippen molar-refractivity contribution in [3.8, 4) is 0 Å². The van der Waals surface area contributed by atoms with Gasteiger partial charge in [0.2, 0.25) is 0 Å². The van der Waals surface area contributed by atoms with Crippen molar-refractivity contribution in [2.24, 2.45) is 0 Å². The van der Waals surface area contributed by atoms with Gasteiger partial charge >= 0.3 is 23.9 Å². The van der Waals surface area contributed by atoms with Gasteiger partial charge in [0.1, 0.15) is 12.7 Å². The number of nitrogens with one attached hydrogen (secondary N) is 1. The molecular weight excluding hydrogens is 456 g/mol. The summed E-state index contributed by atoms with van der Waals surface area (Å²) < 4.78 is 27.4. The molecule has 5 atom stereocenters. The van der Waals surface area contributed by atoms with Crippen molar-refractivity contribution in [3.05, 3.63) is 24.3 Å². The molecular formula is C21H24N2O9S. The van der Waals surface area contributed by atoms with Gasteiger partial charge in [-0.1, -0.05) is 23.9 Å². The molecule has 1 aromatic carbocycles. The summed E-state index contributed by atoms with van der Waals surface area (Å²) in [5.74, 6) is -2.60. The fraction of sp³-hybridized carbons (Fsp3) is 0.476. The van der Waals surface area contributed by atoms with E-state index in [1.807, 2.05) is 24.3 Å². The average Bonchev–Trinajstić information content (AvgIpc) is 3.12. The van der Waals surface area contributed by atoms with E-state index in [-0.39, 0.29) is 6.61 Å². The Labute approximate surface area is 193 Å². The lowest BCUT2D eigenvalue weighted by molar-refractivity contribution is -0.237. The Morgan fingerprint density at radius 2 is 1.52 bits per heavy atom. The smallest absolute Gasteiger partial charge is 0.303 e. The van der Waals surface area contributed by atoms with Crippen LogP contribution in [0.15, 0.2) is 29.4 Å². The quantitative estimate of drug-likeness (QED) is 0.457. The number of hydrogen-bond acceptors (Lipinski definition) is 11. The molecule has 0 bridgehead atoms. The number of ether oxygens (including phenoxy) is 5. The Bertz CT molecular complexity index is 1010. The first-order valence-electron chi connectivity index (χ1n) is 10.1. The summed E-state index contributed by atoms with van der Waals surface area (Å²) in [5, 5.41) is 0.456. The summed E-state index contributed by atoms with van der Waals surface area (Å²) >= 11 is 1.09. The summed E-state index contributed by atoms with van der Waals surface area (Å²) in [7, 11) is 0. The van der Waals surface area contributed by atoms with Crippen molar-refractivity contribution in [1.29, 1.82) is 0 Å². The lowest BCUT2D eigenvalue weighted by Gasteiger charge is -2.43. The van der Waals surface area contributed by atoms with Crippen LogP contribution in [0.4, 0.5) is 0 Å². The first-order valence-corrected chi connectivity index (χ1v) is 10.9. The number of rotatable bonds is 7. The molecule has 0 radical (unpaired) electrons. The minimum atomic E-state index is -1.22. The number of carbonyl (C=O) groups excluding carboxylic acids is 4. The van der Waals surface area contributed by atoms with E-state index in [1.165, 1.54) is 27.7 Å². The highest BCUT2D eigenvalue weighted by Crippen LogP contribution is 2.37. The van der Waals surface area contributed by atoms with Crippen molar-refractivity contribution in [2.45, 2.75) is 62.7 Å². The second-order valence-corrected chi connectivity index (χ2v) is 8.33. The number of imidazole rings is 1. The lowest BCUT2D eigenvalue weighted by Crippen LogP contribution is -2.61. The van der Waals surface area contributed by atoms with Gasteiger partial charge in [-0.25, -0.2) is 4.98 Å². The molecule has 1 fully saturated rings. The number of nitrogens with zero attached hydrogens (tertiary/aromatic N) is 1. The van der Waals surface area contributed by atoms with E-state index < -0.39 is 53.7 Å². The molecule has 2 heterocycles. The first kappa shape index (κ1) is 24.5. The SMILES string of the molecule is CC(=O)OC[C@@H]1O[C@H](Sc2nc3ccccc3[nH]2)[C@H](OC(C)=O)[C@@H](OC(C)=O)[C@H]1OC(C)=O. The molecule has 11 nitrogen and oxygen atoms in total. The molecule has 1 aliphatic rings. The average molecular weight is 480 g/mol. The summed E-state index contributed by atoms with van der Waals surface area (Å²) in [4.78, 5) is 54.5. The van der Waals surface area contributed by atoms with Crippen molar-refractivity contribution in [1.82, 2.24) is 9.97 Å². The number of hydrogen-bond donors (Lipinski definition) is 1. The second kappa shape index (κ2) is 10.7. The van der Waals surface area contributed by atoms with Crippen LogP contribution in [-0.4, -0.2) is 70.3 Å². The van der Waals surface area contributed by atoms with E-state index in [9.17, 15) is 19.2 Å². The maximum absolute atomic E-state index is 11.9. The topological polar surface area (TPSA) is 143 Å². The Hall–Kier alpha value is -3.12. The van der Waals surface area contributed by atoms with Crippen molar-refractivity contribution in [3.63, 3.8) is 0 Å². The zero-order chi connectivity index (χ0) is 24.1. The van der Waals surface area contributed by atoms with Crippen LogP contribution >= 0.6 is 11.8 Å². The second-order valence-electron chi connectivity index (χ2n) is 7.24. The van der Waals surface area contributed by atoms with E-state index >= 15 is 0 Å². The number of aromatic nitrogens is 2. The lowest BCUT2D eigenvalue weighted by atomic mass is 9.99. The van der Waals surface area contributed by atoms with Gasteiger partial charge in [0.15, 0.2) is 28.9 Å². The molecule has 0 aliphatic carbocycles. The Kier molecular flexibility index (Phi) is 7.92. The molecule has 3 rings (SSSR count). The third-order valence-corrected chi connectivity index (χ3v) is 5.57. The van der Waals surface area contributed by atoms with E-state index in [4.69, 9.17) is 23.7 Å². The Morgan fingerprint density at radius 3 is 2.12 bits per heavy atom. The highest BCUT2D eigenvalue weighted by Gasteiger charge is 2.52. The van der Waals surface area contributed by atoms with E-state index in [2.05, 4.69) is 9.97 Å². The molecule has 0 amide bonds. The molecule has 178 valence electrons. The van der Waals surface area contributed by atoms with Crippen LogP contribution in [0.1, 0.15) is 27.7 Å². The van der Waals surface area contributed by atoms with Gasteiger partial charge < -0.3 is 28.7 Å². The van der Waals surface area contributed by atoms with Crippen molar-refractivity contribution >= 4 is 46.7 Å². The summed E-state index contributed by atoms with van der Waals surface area (Å²) in [6.45, 7) is 4.47. The van der Waals surface area contributed by atoms with Gasteiger partial charge in [-0.3, -0.25) is 19.2 Å². The molecule has 33 heavy (non-hydrogen) atoms. The van der Waals surface area contributed by atoms with Gasteiger partial charge in [0, 0.05) is 27.7 Å². The fourth-order valence-electron chi connectivity index (χ4n) is 3.38. The van der Waals surface area contributed by atoms with E-state index in [1.54, 1.807) is 0 Å². The van der Waals surface area contributed by atoms with Gasteiger partial charge in [0.05, 0.1) is 11.0 Å². The predicted molar refractivity (Wildman–Crippen MR) is 114 cm³/mol. The summed E-state index contributed by atoms with van der Waals surface area (Å²) in [5.41, 5.74) is 0.558. The predicted octanol–water partition coefficient (Wildman–Crippen LogP) is 1.74. The van der Waals surface area contributed by atoms with Crippen LogP contribution < -0.4 is 0 Å². The number of benzene rings is 1. The molecule has 0 saturated carbocycles. The zero-order valence-corrected chi connectivity index (χ0v) is 19.2. The monoisotopic (exact) mass is 480 g/mol. The summed E-state index contributed by atoms with van der Waals surface area (Å²) in [6, 6.07) is 7.36. The molecule has 12 heteroatoms. The Morgan fingerprint density at radius 1 is 0.909 bits per heavy atom. The molecule has 0 spiro atoms. The number of H-pyrrole nitrogens is 1. The largest absolute Gasteiger partial charge is 0.463 e. The van der Waals surface area contributed by atoms with Crippen LogP contribution in [0.3, 0.4) is 0 Å². The van der Waals surface area contributed by atoms with Crippen molar-refractivity contribution < 1.29 is 42.9 Å². The number of para-hydroxylation sites is 2. The van der Waals surface area contributed by atoms with E-state index in [0.717, 1.165) is 17.3 Å². The molecule has 0 unspecified atom stereocenters. The third-order valence-electron chi connectivity index (χ3n) is 4.54. The molecule has 1 aliphatic heterocycles. The van der Waals surface area contributed by atoms with Gasteiger partial charge in [-0.05, 0) is 12.1 Å². The highest BCUT2D eigenvalue weighted by molar-refractivity contribution is 7.99. The van der Waals surface area contributed by atoms with Crippen LogP contribution in [0.25, 0.3) is 11.0 Å². The number of esters is 4. The van der Waals surface area contributed by atoms with Crippen LogP contribution in [-0.2, 0) is 42.9 Å². The number of fused-ring (bicyclic) bond motifs is 1. The first-order chi connectivity index (χ1) is 15.6. The fourth-order valence-corrected chi connectivity index (χ4v) is 4.46. The third kappa shape index (κ3) is 6.45. The van der Waals surface area contributed by atoms with Crippen LogP contribution in [0, 0.1) is 0 Å². The number of aromatic amines is 1. The maximum Gasteiger partial charge on any atom is 0.303 e. The van der Waals surface area contributed by atoms with Crippen LogP contribution in [0.2, 0.25) is 0 Å². The standard InChI is InChI=1S/C21H24N2O9S/c1-10(24)28-9-16-17(29-11(2)25)18(30-12(3)26)19(31-13(4)27)20(32-16)33-21-22-14-7-5-6-8-15(14)23-21/h5-8,16-20H,9H2,1-4H3,(H,22,23)/t16-,17-,18-,19+,20+/m0/s1.